The molecule has 17 heavy (non-hydrogen) atoms. The summed E-state index contributed by atoms with van der Waals surface area (Å²) in [5, 5.41) is 9.88. The van der Waals surface area contributed by atoms with Gasteiger partial charge in [-0.2, -0.15) is 0 Å². The molecule has 0 heterocycles. The molecule has 2 rings (SSSR count). The van der Waals surface area contributed by atoms with Crippen molar-refractivity contribution in [3.05, 3.63) is 30.3 Å². The van der Waals surface area contributed by atoms with Crippen molar-refractivity contribution in [2.75, 3.05) is 5.75 Å². The van der Waals surface area contributed by atoms with Crippen LogP contribution in [0.5, 0.6) is 0 Å². The summed E-state index contributed by atoms with van der Waals surface area (Å²) in [5.41, 5.74) is 0. The normalized spacial score (nSPS) is 24.8. The van der Waals surface area contributed by atoms with Gasteiger partial charge in [0.2, 0.25) is 0 Å². The van der Waals surface area contributed by atoms with Crippen LogP contribution in [0.2, 0.25) is 0 Å². The Bertz CT molecular complexity index is 312. The first-order valence-electron chi connectivity index (χ1n) is 6.72. The van der Waals surface area contributed by atoms with E-state index in [1.165, 1.54) is 42.8 Å². The van der Waals surface area contributed by atoms with Crippen molar-refractivity contribution in [1.82, 2.24) is 0 Å². The van der Waals surface area contributed by atoms with Crippen molar-refractivity contribution in [2.24, 2.45) is 5.92 Å². The third-order valence-electron chi connectivity index (χ3n) is 3.60. The van der Waals surface area contributed by atoms with E-state index in [4.69, 9.17) is 0 Å². The van der Waals surface area contributed by atoms with E-state index in [1.807, 2.05) is 11.8 Å². The maximum absolute atomic E-state index is 9.88. The molecule has 0 spiro atoms. The average Bonchev–Trinajstić information content (AvgIpc) is 2.38. The van der Waals surface area contributed by atoms with Gasteiger partial charge in [0.05, 0.1) is 6.10 Å². The number of benzene rings is 1. The van der Waals surface area contributed by atoms with Crippen LogP contribution in [-0.2, 0) is 0 Å². The lowest BCUT2D eigenvalue weighted by Gasteiger charge is -2.27. The van der Waals surface area contributed by atoms with Gasteiger partial charge < -0.3 is 5.11 Å². The lowest BCUT2D eigenvalue weighted by Crippen LogP contribution is -2.24. The molecule has 94 valence electrons. The summed E-state index contributed by atoms with van der Waals surface area (Å²) < 4.78 is 0. The minimum absolute atomic E-state index is 0.0227. The van der Waals surface area contributed by atoms with Gasteiger partial charge in [-0.25, -0.2) is 0 Å². The second kappa shape index (κ2) is 7.07. The first-order valence-corrected chi connectivity index (χ1v) is 7.71. The zero-order valence-corrected chi connectivity index (χ0v) is 11.2. The van der Waals surface area contributed by atoms with Gasteiger partial charge in [-0.3, -0.25) is 0 Å². The van der Waals surface area contributed by atoms with Gasteiger partial charge in [-0.15, -0.1) is 11.8 Å². The molecule has 0 bridgehead atoms. The van der Waals surface area contributed by atoms with Crippen molar-refractivity contribution in [1.29, 1.82) is 0 Å². The zero-order chi connectivity index (χ0) is 11.9. The average molecular weight is 250 g/mol. The Labute approximate surface area is 109 Å². The smallest absolute Gasteiger partial charge is 0.0568 e. The second-order valence-electron chi connectivity index (χ2n) is 4.92. The fourth-order valence-electron chi connectivity index (χ4n) is 2.58. The molecule has 0 radical (unpaired) electrons. The number of hydrogen-bond donors (Lipinski definition) is 1. The van der Waals surface area contributed by atoms with Crippen molar-refractivity contribution >= 4 is 11.8 Å². The van der Waals surface area contributed by atoms with E-state index in [0.29, 0.717) is 5.92 Å². The minimum atomic E-state index is -0.0227. The van der Waals surface area contributed by atoms with E-state index in [2.05, 4.69) is 30.3 Å². The van der Waals surface area contributed by atoms with Crippen LogP contribution in [0.15, 0.2) is 35.2 Å². The van der Waals surface area contributed by atoms with E-state index in [-0.39, 0.29) is 6.10 Å². The van der Waals surface area contributed by atoms with E-state index in [1.54, 1.807) is 0 Å². The van der Waals surface area contributed by atoms with Crippen LogP contribution in [-0.4, -0.2) is 17.0 Å². The number of hydrogen-bond acceptors (Lipinski definition) is 2. The fourth-order valence-corrected chi connectivity index (χ4v) is 3.47. The standard InChI is InChI=1S/C15H22OS/c16-15-11-5-4-7-13(15)8-6-12-17-14-9-2-1-3-10-14/h1-3,9-10,13,15-16H,4-8,11-12H2/t13-,15+/m0/s1. The predicted molar refractivity (Wildman–Crippen MR) is 74.4 cm³/mol. The molecule has 0 aromatic heterocycles. The van der Waals surface area contributed by atoms with E-state index < -0.39 is 0 Å². The fraction of sp³-hybridized carbons (Fsp3) is 0.600. The van der Waals surface area contributed by atoms with Crippen LogP contribution in [0.25, 0.3) is 0 Å². The molecule has 1 aromatic rings. The first-order chi connectivity index (χ1) is 8.36. The van der Waals surface area contributed by atoms with Crippen LogP contribution in [0.1, 0.15) is 38.5 Å². The molecule has 0 amide bonds. The van der Waals surface area contributed by atoms with E-state index in [0.717, 1.165) is 6.42 Å². The second-order valence-corrected chi connectivity index (χ2v) is 6.08. The highest BCUT2D eigenvalue weighted by Crippen LogP contribution is 2.29. The number of aliphatic hydroxyl groups is 1. The SMILES string of the molecule is O[C@@H]1CCCC[C@H]1CCCSc1ccccc1. The molecule has 2 atom stereocenters. The Balaban J connectivity index is 1.63. The van der Waals surface area contributed by atoms with Crippen molar-refractivity contribution in [3.8, 4) is 0 Å². The Kier molecular flexibility index (Phi) is 5.40. The van der Waals surface area contributed by atoms with Crippen molar-refractivity contribution < 1.29 is 5.11 Å². The van der Waals surface area contributed by atoms with E-state index in [9.17, 15) is 5.11 Å². The molecule has 0 aliphatic heterocycles. The van der Waals surface area contributed by atoms with Crippen LogP contribution >= 0.6 is 11.8 Å². The van der Waals surface area contributed by atoms with Crippen LogP contribution < -0.4 is 0 Å². The van der Waals surface area contributed by atoms with Gasteiger partial charge in [0.1, 0.15) is 0 Å². The molecule has 1 aliphatic carbocycles. The molecular formula is C15H22OS. The molecule has 1 nitrogen and oxygen atoms in total. The number of rotatable bonds is 5. The summed E-state index contributed by atoms with van der Waals surface area (Å²) in [6.45, 7) is 0. The monoisotopic (exact) mass is 250 g/mol. The van der Waals surface area contributed by atoms with Gasteiger partial charge in [-0.1, -0.05) is 31.0 Å². The maximum atomic E-state index is 9.88. The largest absolute Gasteiger partial charge is 0.393 e. The molecule has 0 unspecified atom stereocenters. The highest BCUT2D eigenvalue weighted by Gasteiger charge is 2.22. The Morgan fingerprint density at radius 3 is 2.65 bits per heavy atom. The Morgan fingerprint density at radius 2 is 1.88 bits per heavy atom. The van der Waals surface area contributed by atoms with Crippen LogP contribution in [0.4, 0.5) is 0 Å². The summed E-state index contributed by atoms with van der Waals surface area (Å²) in [6.07, 6.45) is 7.19. The summed E-state index contributed by atoms with van der Waals surface area (Å²) in [4.78, 5) is 1.36. The van der Waals surface area contributed by atoms with Crippen LogP contribution in [0.3, 0.4) is 0 Å². The molecule has 1 saturated carbocycles. The molecule has 1 N–H and O–H groups in total. The Hall–Kier alpha value is -0.470. The highest BCUT2D eigenvalue weighted by atomic mass is 32.2. The Morgan fingerprint density at radius 1 is 1.12 bits per heavy atom. The topological polar surface area (TPSA) is 20.2 Å². The predicted octanol–water partition coefficient (Wildman–Crippen LogP) is 4.11. The summed E-state index contributed by atoms with van der Waals surface area (Å²) >= 11 is 1.93. The van der Waals surface area contributed by atoms with Crippen molar-refractivity contribution in [3.63, 3.8) is 0 Å². The van der Waals surface area contributed by atoms with Gasteiger partial charge in [0.25, 0.3) is 0 Å². The van der Waals surface area contributed by atoms with Crippen LogP contribution in [0, 0.1) is 5.92 Å². The first kappa shape index (κ1) is 13.0. The maximum Gasteiger partial charge on any atom is 0.0568 e. The zero-order valence-electron chi connectivity index (χ0n) is 10.3. The molecular weight excluding hydrogens is 228 g/mol. The third-order valence-corrected chi connectivity index (χ3v) is 4.70. The van der Waals surface area contributed by atoms with Gasteiger partial charge in [0.15, 0.2) is 0 Å². The number of aliphatic hydroxyl groups excluding tert-OH is 1. The van der Waals surface area contributed by atoms with Crippen molar-refractivity contribution in [2.45, 2.75) is 49.5 Å². The number of thioether (sulfide) groups is 1. The summed E-state index contributed by atoms with van der Waals surface area (Å²) in [5.74, 6) is 1.74. The summed E-state index contributed by atoms with van der Waals surface area (Å²) in [7, 11) is 0. The lowest BCUT2D eigenvalue weighted by atomic mass is 9.84. The minimum Gasteiger partial charge on any atom is -0.393 e. The lowest BCUT2D eigenvalue weighted by molar-refractivity contribution is 0.0651. The quantitative estimate of drug-likeness (QED) is 0.627. The highest BCUT2D eigenvalue weighted by molar-refractivity contribution is 7.99. The molecule has 0 saturated heterocycles. The van der Waals surface area contributed by atoms with Gasteiger partial charge >= 0.3 is 0 Å². The molecule has 1 aromatic carbocycles. The van der Waals surface area contributed by atoms with E-state index >= 15 is 0 Å². The van der Waals surface area contributed by atoms with Gasteiger partial charge in [-0.05, 0) is 49.5 Å². The molecule has 1 aliphatic rings. The molecule has 2 heteroatoms. The van der Waals surface area contributed by atoms with Gasteiger partial charge in [0, 0.05) is 4.90 Å². The third kappa shape index (κ3) is 4.36. The summed E-state index contributed by atoms with van der Waals surface area (Å²) in [6, 6.07) is 10.6. The molecule has 1 fully saturated rings.